The van der Waals surface area contributed by atoms with Crippen LogP contribution in [0.4, 0.5) is 0 Å². The van der Waals surface area contributed by atoms with E-state index in [1.54, 1.807) is 0 Å². The third-order valence-electron chi connectivity index (χ3n) is 1.81. The predicted molar refractivity (Wildman–Crippen MR) is 35.8 cm³/mol. The maximum Gasteiger partial charge on any atom is 0.303 e. The lowest BCUT2D eigenvalue weighted by atomic mass is 9.86. The topological polar surface area (TPSA) is 49.8 Å². The summed E-state index contributed by atoms with van der Waals surface area (Å²) in [7, 11) is 0. The molecule has 3 nitrogen and oxygen atoms in total. The lowest BCUT2D eigenvalue weighted by Gasteiger charge is -2.18. The molecule has 0 aromatic heterocycles. The molecule has 3 heteroatoms. The van der Waals surface area contributed by atoms with Crippen molar-refractivity contribution >= 4 is 5.97 Å². The maximum absolute atomic E-state index is 10.3. The highest BCUT2D eigenvalue weighted by Gasteiger charge is 2.40. The summed E-state index contributed by atoms with van der Waals surface area (Å²) in [5.41, 5.74) is -0.189. The van der Waals surface area contributed by atoms with Gasteiger partial charge in [-0.3, -0.25) is 4.79 Å². The molecule has 0 spiro atoms. The number of carboxylic acid groups (broad SMARTS) is 1. The molecule has 0 aliphatic carbocycles. The Labute approximate surface area is 60.0 Å². The van der Waals surface area contributed by atoms with E-state index in [0.29, 0.717) is 0 Å². The van der Waals surface area contributed by atoms with Gasteiger partial charge in [0.15, 0.2) is 0 Å². The molecule has 1 fully saturated rings. The van der Waals surface area contributed by atoms with Gasteiger partial charge < -0.3 is 9.84 Å². The van der Waals surface area contributed by atoms with E-state index >= 15 is 0 Å². The van der Waals surface area contributed by atoms with E-state index in [4.69, 9.17) is 9.84 Å². The van der Waals surface area contributed by atoms with E-state index in [1.165, 1.54) is 0 Å². The van der Waals surface area contributed by atoms with Crippen molar-refractivity contribution in [3.05, 3.63) is 0 Å². The highest BCUT2D eigenvalue weighted by molar-refractivity contribution is 5.67. The van der Waals surface area contributed by atoms with E-state index in [2.05, 4.69) is 0 Å². The highest BCUT2D eigenvalue weighted by atomic mass is 16.6. The second-order valence-corrected chi connectivity index (χ2v) is 3.38. The minimum Gasteiger partial charge on any atom is -0.481 e. The first-order chi connectivity index (χ1) is 4.52. The zero-order valence-electron chi connectivity index (χ0n) is 6.26. The van der Waals surface area contributed by atoms with Crippen LogP contribution in [0.5, 0.6) is 0 Å². The molecule has 58 valence electrons. The van der Waals surface area contributed by atoms with Crippen LogP contribution in [0.1, 0.15) is 20.3 Å². The molecule has 10 heavy (non-hydrogen) atoms. The van der Waals surface area contributed by atoms with Crippen molar-refractivity contribution in [2.75, 3.05) is 6.61 Å². The molecule has 0 bridgehead atoms. The SMILES string of the molecule is CC(C)(CC(=O)O)C1CO1. The van der Waals surface area contributed by atoms with E-state index in [0.717, 1.165) is 6.61 Å². The third-order valence-corrected chi connectivity index (χ3v) is 1.81. The summed E-state index contributed by atoms with van der Waals surface area (Å²) in [6.07, 6.45) is 0.362. The molecule has 1 aliphatic rings. The number of rotatable bonds is 3. The average Bonchev–Trinajstić information content (AvgIpc) is 2.35. The summed E-state index contributed by atoms with van der Waals surface area (Å²) in [5.74, 6) is -0.750. The molecule has 1 atom stereocenters. The van der Waals surface area contributed by atoms with Crippen LogP contribution in [0.25, 0.3) is 0 Å². The Bertz CT molecular complexity index is 147. The zero-order valence-corrected chi connectivity index (χ0v) is 6.26. The van der Waals surface area contributed by atoms with Crippen LogP contribution in [0.15, 0.2) is 0 Å². The second kappa shape index (κ2) is 2.23. The summed E-state index contributed by atoms with van der Waals surface area (Å²) >= 11 is 0. The van der Waals surface area contributed by atoms with Crippen LogP contribution in [0, 0.1) is 5.41 Å². The molecule has 1 unspecified atom stereocenters. The number of hydrogen-bond donors (Lipinski definition) is 1. The van der Waals surface area contributed by atoms with Gasteiger partial charge in [0, 0.05) is 5.41 Å². The lowest BCUT2D eigenvalue weighted by Crippen LogP contribution is -2.22. The fraction of sp³-hybridized carbons (Fsp3) is 0.857. The van der Waals surface area contributed by atoms with Gasteiger partial charge in [0.25, 0.3) is 0 Å². The van der Waals surface area contributed by atoms with Crippen LogP contribution in [-0.4, -0.2) is 23.8 Å². The summed E-state index contributed by atoms with van der Waals surface area (Å²) in [4.78, 5) is 10.3. The van der Waals surface area contributed by atoms with Crippen molar-refractivity contribution in [2.45, 2.75) is 26.4 Å². The van der Waals surface area contributed by atoms with Gasteiger partial charge in [0.05, 0.1) is 19.1 Å². The number of aliphatic carboxylic acids is 1. The maximum atomic E-state index is 10.3. The van der Waals surface area contributed by atoms with Gasteiger partial charge in [0.2, 0.25) is 0 Å². The fourth-order valence-electron chi connectivity index (χ4n) is 1.00. The smallest absolute Gasteiger partial charge is 0.303 e. The first-order valence-electron chi connectivity index (χ1n) is 3.36. The molecule has 0 aromatic rings. The summed E-state index contributed by atoms with van der Waals surface area (Å²) < 4.78 is 5.01. The Kier molecular flexibility index (Phi) is 1.68. The van der Waals surface area contributed by atoms with Crippen molar-refractivity contribution in [3.63, 3.8) is 0 Å². The molecule has 0 aromatic carbocycles. The van der Waals surface area contributed by atoms with Crippen molar-refractivity contribution < 1.29 is 14.6 Å². The quantitative estimate of drug-likeness (QED) is 0.598. The number of carboxylic acids is 1. The zero-order chi connectivity index (χ0) is 7.78. The molecular formula is C7H12O3. The van der Waals surface area contributed by atoms with E-state index in [9.17, 15) is 4.79 Å². The van der Waals surface area contributed by atoms with Gasteiger partial charge >= 0.3 is 5.97 Å². The summed E-state index contributed by atoms with van der Waals surface area (Å²) in [5, 5.41) is 8.47. The highest BCUT2D eigenvalue weighted by Crippen LogP contribution is 2.34. The van der Waals surface area contributed by atoms with Crippen molar-refractivity contribution in [1.82, 2.24) is 0 Å². The number of epoxide rings is 1. The Morgan fingerprint density at radius 3 is 2.60 bits per heavy atom. The molecule has 1 N–H and O–H groups in total. The number of hydrogen-bond acceptors (Lipinski definition) is 2. The first kappa shape index (κ1) is 7.54. The molecule has 1 heterocycles. The predicted octanol–water partition coefficient (Wildman–Crippen LogP) is 0.886. The normalized spacial score (nSPS) is 24.4. The largest absolute Gasteiger partial charge is 0.481 e. The average molecular weight is 144 g/mol. The Morgan fingerprint density at radius 2 is 2.30 bits per heavy atom. The Balaban J connectivity index is 2.41. The summed E-state index contributed by atoms with van der Waals surface area (Å²) in [6, 6.07) is 0. The van der Waals surface area contributed by atoms with Crippen LogP contribution in [-0.2, 0) is 9.53 Å². The fourth-order valence-corrected chi connectivity index (χ4v) is 1.00. The molecule has 0 saturated carbocycles. The third kappa shape index (κ3) is 1.70. The van der Waals surface area contributed by atoms with E-state index < -0.39 is 5.97 Å². The molecule has 1 saturated heterocycles. The van der Waals surface area contributed by atoms with Gasteiger partial charge in [-0.2, -0.15) is 0 Å². The number of ether oxygens (including phenoxy) is 1. The van der Waals surface area contributed by atoms with Gasteiger partial charge in [-0.1, -0.05) is 13.8 Å². The standard InChI is InChI=1S/C7H12O3/c1-7(2,3-6(8)9)5-4-10-5/h5H,3-4H2,1-2H3,(H,8,9). The molecule has 0 amide bonds. The monoisotopic (exact) mass is 144 g/mol. The van der Waals surface area contributed by atoms with Gasteiger partial charge in [-0.05, 0) is 0 Å². The van der Waals surface area contributed by atoms with Crippen molar-refractivity contribution in [2.24, 2.45) is 5.41 Å². The van der Waals surface area contributed by atoms with Crippen LogP contribution >= 0.6 is 0 Å². The first-order valence-corrected chi connectivity index (χ1v) is 3.36. The second-order valence-electron chi connectivity index (χ2n) is 3.38. The Hall–Kier alpha value is -0.570. The van der Waals surface area contributed by atoms with Gasteiger partial charge in [-0.25, -0.2) is 0 Å². The van der Waals surface area contributed by atoms with Crippen LogP contribution < -0.4 is 0 Å². The van der Waals surface area contributed by atoms with Gasteiger partial charge in [0.1, 0.15) is 0 Å². The lowest BCUT2D eigenvalue weighted by molar-refractivity contribution is -0.139. The van der Waals surface area contributed by atoms with E-state index in [1.807, 2.05) is 13.8 Å². The Morgan fingerprint density at radius 1 is 1.80 bits per heavy atom. The minimum absolute atomic E-state index is 0.170. The summed E-state index contributed by atoms with van der Waals surface area (Å²) in [6.45, 7) is 4.55. The van der Waals surface area contributed by atoms with Gasteiger partial charge in [-0.15, -0.1) is 0 Å². The van der Waals surface area contributed by atoms with Crippen molar-refractivity contribution in [3.8, 4) is 0 Å². The molecule has 1 rings (SSSR count). The van der Waals surface area contributed by atoms with Crippen molar-refractivity contribution in [1.29, 1.82) is 0 Å². The van der Waals surface area contributed by atoms with Crippen LogP contribution in [0.3, 0.4) is 0 Å². The minimum atomic E-state index is -0.750. The van der Waals surface area contributed by atoms with Crippen LogP contribution in [0.2, 0.25) is 0 Å². The number of carbonyl (C=O) groups is 1. The molecule has 1 aliphatic heterocycles. The molecular weight excluding hydrogens is 132 g/mol. The van der Waals surface area contributed by atoms with E-state index in [-0.39, 0.29) is 17.9 Å². The molecule has 0 radical (unpaired) electrons.